The predicted molar refractivity (Wildman–Crippen MR) is 113 cm³/mol. The van der Waals surface area contributed by atoms with Gasteiger partial charge in [-0.25, -0.2) is 9.69 Å². The molecule has 2 saturated heterocycles. The molecule has 0 aliphatic carbocycles. The van der Waals surface area contributed by atoms with Crippen molar-refractivity contribution in [1.82, 2.24) is 5.32 Å². The van der Waals surface area contributed by atoms with Crippen LogP contribution in [0.5, 0.6) is 0 Å². The zero-order valence-electron chi connectivity index (χ0n) is 15.9. The second kappa shape index (κ2) is 7.72. The van der Waals surface area contributed by atoms with Crippen molar-refractivity contribution in [1.29, 1.82) is 0 Å². The normalized spacial score (nSPS) is 18.6. The van der Waals surface area contributed by atoms with Crippen LogP contribution in [0, 0.1) is 6.92 Å². The van der Waals surface area contributed by atoms with Crippen molar-refractivity contribution < 1.29 is 14.4 Å². The Morgan fingerprint density at radius 2 is 1.62 bits per heavy atom. The van der Waals surface area contributed by atoms with Crippen LogP contribution in [0.4, 0.5) is 16.2 Å². The number of carbonyl (C=O) groups is 3. The van der Waals surface area contributed by atoms with Gasteiger partial charge in [-0.15, -0.1) is 0 Å². The summed E-state index contributed by atoms with van der Waals surface area (Å²) in [4.78, 5) is 40.8. The van der Waals surface area contributed by atoms with Gasteiger partial charge in [0.1, 0.15) is 5.57 Å². The third-order valence-electron chi connectivity index (χ3n) is 5.21. The lowest BCUT2D eigenvalue weighted by Gasteiger charge is -2.26. The fourth-order valence-electron chi connectivity index (χ4n) is 3.63. The minimum atomic E-state index is -0.777. The highest BCUT2D eigenvalue weighted by molar-refractivity contribution is 6.39. The molecule has 4 rings (SSSR count). The second-order valence-electron chi connectivity index (χ2n) is 7.17. The van der Waals surface area contributed by atoms with Crippen LogP contribution in [0.1, 0.15) is 24.0 Å². The SMILES string of the molecule is Cc1cc(N2CCCC2)ccc1/C=C1\C(=O)NC(=O)N(c2ccc(Cl)cc2)C1=O. The van der Waals surface area contributed by atoms with Crippen molar-refractivity contribution in [2.75, 3.05) is 22.9 Å². The molecule has 1 N–H and O–H groups in total. The van der Waals surface area contributed by atoms with Crippen LogP contribution in [0.15, 0.2) is 48.0 Å². The van der Waals surface area contributed by atoms with Crippen LogP contribution >= 0.6 is 11.6 Å². The van der Waals surface area contributed by atoms with Gasteiger partial charge >= 0.3 is 6.03 Å². The number of rotatable bonds is 3. The first-order chi connectivity index (χ1) is 13.9. The highest BCUT2D eigenvalue weighted by Crippen LogP contribution is 2.27. The first kappa shape index (κ1) is 19.2. The molecule has 2 aliphatic rings. The van der Waals surface area contributed by atoms with E-state index in [0.29, 0.717) is 10.7 Å². The topological polar surface area (TPSA) is 69.7 Å². The summed E-state index contributed by atoms with van der Waals surface area (Å²) in [5.41, 5.74) is 3.11. The molecule has 0 aromatic heterocycles. The Kier molecular flexibility index (Phi) is 5.11. The molecule has 4 amide bonds. The summed E-state index contributed by atoms with van der Waals surface area (Å²) in [6, 6.07) is 11.5. The van der Waals surface area contributed by atoms with E-state index >= 15 is 0 Å². The summed E-state index contributed by atoms with van der Waals surface area (Å²) in [7, 11) is 0. The van der Waals surface area contributed by atoms with E-state index in [-0.39, 0.29) is 5.57 Å². The van der Waals surface area contributed by atoms with E-state index in [2.05, 4.69) is 16.3 Å². The molecular weight excluding hydrogens is 390 g/mol. The molecule has 7 heteroatoms. The van der Waals surface area contributed by atoms with E-state index in [1.807, 2.05) is 19.1 Å². The summed E-state index contributed by atoms with van der Waals surface area (Å²) in [5.74, 6) is -1.36. The van der Waals surface area contributed by atoms with Gasteiger partial charge in [0.05, 0.1) is 5.69 Å². The monoisotopic (exact) mass is 409 g/mol. The van der Waals surface area contributed by atoms with E-state index < -0.39 is 17.8 Å². The molecule has 0 radical (unpaired) electrons. The van der Waals surface area contributed by atoms with Crippen molar-refractivity contribution in [3.05, 3.63) is 64.2 Å². The molecule has 2 aliphatic heterocycles. The van der Waals surface area contributed by atoms with Crippen LogP contribution in [0.2, 0.25) is 5.02 Å². The Balaban J connectivity index is 1.66. The zero-order valence-corrected chi connectivity index (χ0v) is 16.7. The predicted octanol–water partition coefficient (Wildman–Crippen LogP) is 3.92. The van der Waals surface area contributed by atoms with Gasteiger partial charge in [-0.1, -0.05) is 17.7 Å². The molecule has 2 aromatic carbocycles. The highest BCUT2D eigenvalue weighted by atomic mass is 35.5. The van der Waals surface area contributed by atoms with E-state index in [9.17, 15) is 14.4 Å². The quantitative estimate of drug-likeness (QED) is 0.616. The Labute approximate surface area is 173 Å². The lowest BCUT2D eigenvalue weighted by molar-refractivity contribution is -0.122. The first-order valence-electron chi connectivity index (χ1n) is 9.46. The molecule has 2 heterocycles. The summed E-state index contributed by atoms with van der Waals surface area (Å²) >= 11 is 5.89. The standard InChI is InChI=1S/C22H20ClN3O3/c1-14-12-18(25-10-2-3-11-25)7-4-15(14)13-19-20(27)24-22(29)26(21(19)28)17-8-5-16(23)6-9-17/h4-9,12-13H,2-3,10-11H2,1H3,(H,24,27,29)/b19-13+. The minimum absolute atomic E-state index is 0.0865. The third kappa shape index (κ3) is 3.76. The van der Waals surface area contributed by atoms with E-state index in [1.54, 1.807) is 24.3 Å². The molecular formula is C22H20ClN3O3. The average molecular weight is 410 g/mol. The Morgan fingerprint density at radius 1 is 0.966 bits per heavy atom. The lowest BCUT2D eigenvalue weighted by atomic mass is 10.0. The largest absolute Gasteiger partial charge is 0.372 e. The number of aryl methyl sites for hydroxylation is 1. The number of benzene rings is 2. The average Bonchev–Trinajstić information content (AvgIpc) is 3.22. The number of urea groups is 1. The maximum absolute atomic E-state index is 13.0. The van der Waals surface area contributed by atoms with Crippen molar-refractivity contribution in [3.8, 4) is 0 Å². The third-order valence-corrected chi connectivity index (χ3v) is 5.46. The van der Waals surface area contributed by atoms with Crippen LogP contribution < -0.4 is 15.1 Å². The minimum Gasteiger partial charge on any atom is -0.372 e. The zero-order chi connectivity index (χ0) is 20.5. The molecule has 0 unspecified atom stereocenters. The maximum atomic E-state index is 13.0. The number of hydrogen-bond donors (Lipinski definition) is 1. The molecule has 2 aromatic rings. The lowest BCUT2D eigenvalue weighted by Crippen LogP contribution is -2.54. The number of halogens is 1. The molecule has 2 fully saturated rings. The van der Waals surface area contributed by atoms with Gasteiger partial charge < -0.3 is 4.90 Å². The van der Waals surface area contributed by atoms with Crippen molar-refractivity contribution >= 4 is 46.9 Å². The van der Waals surface area contributed by atoms with Crippen molar-refractivity contribution in [3.63, 3.8) is 0 Å². The summed E-state index contributed by atoms with van der Waals surface area (Å²) in [6.45, 7) is 4.02. The number of carbonyl (C=O) groups excluding carboxylic acids is 3. The molecule has 0 spiro atoms. The van der Waals surface area contributed by atoms with Gasteiger partial charge in [0.25, 0.3) is 11.8 Å². The van der Waals surface area contributed by atoms with Gasteiger partial charge in [-0.05, 0) is 73.4 Å². The Morgan fingerprint density at radius 3 is 2.28 bits per heavy atom. The molecule has 0 bridgehead atoms. The molecule has 6 nitrogen and oxygen atoms in total. The van der Waals surface area contributed by atoms with Gasteiger partial charge in [0.15, 0.2) is 0 Å². The molecule has 29 heavy (non-hydrogen) atoms. The summed E-state index contributed by atoms with van der Waals surface area (Å²) < 4.78 is 0. The molecule has 0 saturated carbocycles. The van der Waals surface area contributed by atoms with E-state index in [4.69, 9.17) is 11.6 Å². The summed E-state index contributed by atoms with van der Waals surface area (Å²) in [6.07, 6.45) is 3.91. The van der Waals surface area contributed by atoms with Crippen LogP contribution in [-0.4, -0.2) is 30.9 Å². The van der Waals surface area contributed by atoms with Crippen LogP contribution in [-0.2, 0) is 9.59 Å². The van der Waals surface area contributed by atoms with Gasteiger partial charge in [0, 0.05) is 23.8 Å². The highest BCUT2D eigenvalue weighted by Gasteiger charge is 2.36. The number of hydrogen-bond acceptors (Lipinski definition) is 4. The fourth-order valence-corrected chi connectivity index (χ4v) is 3.76. The van der Waals surface area contributed by atoms with Gasteiger partial charge in [-0.3, -0.25) is 14.9 Å². The number of amides is 4. The molecule has 0 atom stereocenters. The van der Waals surface area contributed by atoms with Gasteiger partial charge in [-0.2, -0.15) is 0 Å². The number of barbiturate groups is 1. The summed E-state index contributed by atoms with van der Waals surface area (Å²) in [5, 5.41) is 2.72. The fraction of sp³-hybridized carbons (Fsp3) is 0.227. The first-order valence-corrected chi connectivity index (χ1v) is 9.84. The smallest absolute Gasteiger partial charge is 0.335 e. The Bertz CT molecular complexity index is 1020. The molecule has 148 valence electrons. The maximum Gasteiger partial charge on any atom is 0.335 e. The van der Waals surface area contributed by atoms with E-state index in [0.717, 1.165) is 34.8 Å². The number of nitrogens with one attached hydrogen (secondary N) is 1. The van der Waals surface area contributed by atoms with Crippen LogP contribution in [0.3, 0.4) is 0 Å². The number of anilines is 2. The van der Waals surface area contributed by atoms with Crippen molar-refractivity contribution in [2.45, 2.75) is 19.8 Å². The van der Waals surface area contributed by atoms with Crippen LogP contribution in [0.25, 0.3) is 6.08 Å². The van der Waals surface area contributed by atoms with E-state index in [1.165, 1.54) is 18.9 Å². The number of nitrogens with zero attached hydrogens (tertiary/aromatic N) is 2. The number of imide groups is 2. The second-order valence-corrected chi connectivity index (χ2v) is 7.61. The van der Waals surface area contributed by atoms with Crippen molar-refractivity contribution in [2.24, 2.45) is 0 Å². The Hall–Kier alpha value is -3.12. The van der Waals surface area contributed by atoms with Gasteiger partial charge in [0.2, 0.25) is 0 Å².